The van der Waals surface area contributed by atoms with Gasteiger partial charge in [-0.2, -0.15) is 0 Å². The molecule has 1 unspecified atom stereocenters. The van der Waals surface area contributed by atoms with Gasteiger partial charge >= 0.3 is 12.0 Å². The first kappa shape index (κ1) is 24.7. The molecule has 0 saturated carbocycles. The molecule has 1 N–H and O–H groups in total. The molecule has 1 heterocycles. The van der Waals surface area contributed by atoms with E-state index in [4.69, 9.17) is 9.47 Å². The van der Waals surface area contributed by atoms with E-state index in [9.17, 15) is 14.4 Å². The van der Waals surface area contributed by atoms with Gasteiger partial charge < -0.3 is 24.3 Å². The van der Waals surface area contributed by atoms with E-state index in [1.807, 2.05) is 20.8 Å². The van der Waals surface area contributed by atoms with Gasteiger partial charge in [-0.3, -0.25) is 4.79 Å². The van der Waals surface area contributed by atoms with E-state index in [2.05, 4.69) is 5.32 Å². The van der Waals surface area contributed by atoms with E-state index in [0.29, 0.717) is 29.1 Å². The third kappa shape index (κ3) is 5.82. The number of ketones is 1. The lowest BCUT2D eigenvalue weighted by Crippen LogP contribution is -2.54. The van der Waals surface area contributed by atoms with E-state index in [1.165, 1.54) is 4.90 Å². The molecule has 2 amide bonds. The van der Waals surface area contributed by atoms with Crippen molar-refractivity contribution in [3.8, 4) is 0 Å². The molecule has 164 valence electrons. The second kappa shape index (κ2) is 9.91. The van der Waals surface area contributed by atoms with Gasteiger partial charge in [-0.05, 0) is 54.0 Å². The van der Waals surface area contributed by atoms with Gasteiger partial charge in [0.2, 0.25) is 0 Å². The van der Waals surface area contributed by atoms with Crippen LogP contribution in [-0.2, 0) is 16.5 Å². The van der Waals surface area contributed by atoms with Gasteiger partial charge in [0.1, 0.15) is 5.69 Å². The van der Waals surface area contributed by atoms with Crippen LogP contribution in [0.25, 0.3) is 0 Å². The van der Waals surface area contributed by atoms with E-state index in [0.717, 1.165) is 0 Å². The molecule has 0 aliphatic carbocycles. The van der Waals surface area contributed by atoms with E-state index < -0.39 is 17.6 Å². The highest BCUT2D eigenvalue weighted by atomic mass is 16.5. The Hall–Kier alpha value is -2.35. The van der Waals surface area contributed by atoms with Crippen molar-refractivity contribution >= 4 is 17.8 Å². The number of esters is 1. The van der Waals surface area contributed by atoms with E-state index >= 15 is 0 Å². The number of nitrogens with zero attached hydrogens (tertiary/aromatic N) is 2. The predicted octanol–water partition coefficient (Wildman–Crippen LogP) is 2.85. The van der Waals surface area contributed by atoms with Crippen LogP contribution in [0.1, 0.15) is 66.7 Å². The monoisotopic (exact) mass is 409 g/mol. The number of rotatable bonds is 8. The number of urea groups is 1. The third-order valence-corrected chi connectivity index (χ3v) is 4.77. The van der Waals surface area contributed by atoms with E-state index in [-0.39, 0.29) is 25.0 Å². The van der Waals surface area contributed by atoms with Crippen LogP contribution >= 0.6 is 0 Å². The van der Waals surface area contributed by atoms with Crippen molar-refractivity contribution in [2.45, 2.75) is 60.0 Å². The largest absolute Gasteiger partial charge is 0.461 e. The second-order valence-electron chi connectivity index (χ2n) is 8.12. The van der Waals surface area contributed by atoms with Crippen LogP contribution in [0.3, 0.4) is 0 Å². The van der Waals surface area contributed by atoms with E-state index in [1.54, 1.807) is 46.4 Å². The minimum Gasteiger partial charge on any atom is -0.461 e. The molecule has 0 bridgehead atoms. The quantitative estimate of drug-likeness (QED) is 0.527. The van der Waals surface area contributed by atoms with Crippen molar-refractivity contribution in [2.24, 2.45) is 7.05 Å². The molecule has 1 rings (SSSR count). The molecule has 29 heavy (non-hydrogen) atoms. The fourth-order valence-electron chi connectivity index (χ4n) is 3.23. The van der Waals surface area contributed by atoms with Crippen molar-refractivity contribution in [3.05, 3.63) is 22.5 Å². The lowest BCUT2D eigenvalue weighted by atomic mass is 10.00. The average Bonchev–Trinajstić information content (AvgIpc) is 2.82. The number of carbonyl (C=O) groups excluding carboxylic acids is 3. The topological polar surface area (TPSA) is 89.9 Å². The van der Waals surface area contributed by atoms with Crippen LogP contribution in [0.4, 0.5) is 4.79 Å². The summed E-state index contributed by atoms with van der Waals surface area (Å²) < 4.78 is 11.9. The number of ether oxygens (including phenoxy) is 2. The molecule has 0 spiro atoms. The number of carbonyl (C=O) groups is 3. The summed E-state index contributed by atoms with van der Waals surface area (Å²) in [4.78, 5) is 40.0. The summed E-state index contributed by atoms with van der Waals surface area (Å²) in [6, 6.07) is -1.07. The molecule has 0 aliphatic heterocycles. The normalized spacial score (nSPS) is 12.4. The molecule has 8 heteroatoms. The van der Waals surface area contributed by atoms with Crippen LogP contribution in [0.15, 0.2) is 0 Å². The Balaban J connectivity index is 3.30. The Morgan fingerprint density at radius 1 is 1.21 bits per heavy atom. The summed E-state index contributed by atoms with van der Waals surface area (Å²) >= 11 is 0. The maximum atomic E-state index is 13.4. The average molecular weight is 410 g/mol. The van der Waals surface area contributed by atoms with Crippen molar-refractivity contribution in [3.63, 3.8) is 0 Å². The standard InChI is InChI=1S/C21H35N3O5/c1-10-29-19(26)17-13(2)16(14(3)23(17)8)18(25)15(4)24(11-12-28-9)20(27)22-21(5,6)7/h15H,10-12H2,1-9H3,(H,22,27). The molecule has 0 aliphatic rings. The predicted molar refractivity (Wildman–Crippen MR) is 112 cm³/mol. The zero-order valence-electron chi connectivity index (χ0n) is 19.1. The lowest BCUT2D eigenvalue weighted by molar-refractivity contribution is 0.0514. The fraction of sp³-hybridized carbons (Fsp3) is 0.667. The summed E-state index contributed by atoms with van der Waals surface area (Å²) in [7, 11) is 3.27. The van der Waals surface area contributed by atoms with Crippen LogP contribution in [0, 0.1) is 13.8 Å². The molecule has 0 fully saturated rings. The summed E-state index contributed by atoms with van der Waals surface area (Å²) in [6.45, 7) is 13.4. The van der Waals surface area contributed by atoms with Gasteiger partial charge in [-0.15, -0.1) is 0 Å². The Kier molecular flexibility index (Phi) is 8.44. The third-order valence-electron chi connectivity index (χ3n) is 4.77. The van der Waals surface area contributed by atoms with Crippen molar-refractivity contribution in [1.82, 2.24) is 14.8 Å². The van der Waals surface area contributed by atoms with Gasteiger partial charge in [0.05, 0.1) is 19.3 Å². The summed E-state index contributed by atoms with van der Waals surface area (Å²) in [5.74, 6) is -0.699. The smallest absolute Gasteiger partial charge is 0.355 e. The Bertz CT molecular complexity index is 761. The number of nitrogens with one attached hydrogen (secondary N) is 1. The number of aromatic nitrogens is 1. The zero-order chi connectivity index (χ0) is 22.5. The first-order chi connectivity index (χ1) is 13.4. The first-order valence-electron chi connectivity index (χ1n) is 9.82. The summed E-state index contributed by atoms with van der Waals surface area (Å²) in [6.07, 6.45) is 0. The second-order valence-corrected chi connectivity index (χ2v) is 8.12. The molecule has 1 aromatic rings. The highest BCUT2D eigenvalue weighted by molar-refractivity contribution is 6.06. The Labute approximate surface area is 173 Å². The maximum Gasteiger partial charge on any atom is 0.355 e. The Morgan fingerprint density at radius 3 is 2.28 bits per heavy atom. The first-order valence-corrected chi connectivity index (χ1v) is 9.82. The number of Topliss-reactive ketones (excluding diaryl/α,β-unsaturated/α-hetero) is 1. The van der Waals surface area contributed by atoms with Crippen LogP contribution in [-0.4, -0.2) is 65.7 Å². The minimum absolute atomic E-state index is 0.230. The molecule has 1 aromatic heterocycles. The maximum absolute atomic E-state index is 13.4. The number of hydrogen-bond donors (Lipinski definition) is 1. The molecule has 0 saturated heterocycles. The highest BCUT2D eigenvalue weighted by Gasteiger charge is 2.33. The highest BCUT2D eigenvalue weighted by Crippen LogP contribution is 2.25. The van der Waals surface area contributed by atoms with Crippen molar-refractivity contribution < 1.29 is 23.9 Å². The van der Waals surface area contributed by atoms with Gasteiger partial charge in [0.25, 0.3) is 0 Å². The van der Waals surface area contributed by atoms with Gasteiger partial charge in [0, 0.05) is 37.5 Å². The molecular weight excluding hydrogens is 374 g/mol. The number of methoxy groups -OCH3 is 1. The minimum atomic E-state index is -0.734. The van der Waals surface area contributed by atoms with Gasteiger partial charge in [-0.25, -0.2) is 9.59 Å². The molecule has 1 atom stereocenters. The lowest BCUT2D eigenvalue weighted by Gasteiger charge is -2.32. The summed E-state index contributed by atoms with van der Waals surface area (Å²) in [5, 5.41) is 2.90. The van der Waals surface area contributed by atoms with Crippen molar-refractivity contribution in [1.29, 1.82) is 0 Å². The zero-order valence-corrected chi connectivity index (χ0v) is 19.1. The SMILES string of the molecule is CCOC(=O)c1c(C)c(C(=O)C(C)N(CCOC)C(=O)NC(C)(C)C)c(C)n1C. The Morgan fingerprint density at radius 2 is 1.79 bits per heavy atom. The number of hydrogen-bond acceptors (Lipinski definition) is 5. The number of amides is 2. The van der Waals surface area contributed by atoms with Crippen LogP contribution in [0.5, 0.6) is 0 Å². The van der Waals surface area contributed by atoms with Gasteiger partial charge in [0.15, 0.2) is 5.78 Å². The fourth-order valence-corrected chi connectivity index (χ4v) is 3.23. The molecular formula is C21H35N3O5. The van der Waals surface area contributed by atoms with Crippen LogP contribution in [0.2, 0.25) is 0 Å². The summed E-state index contributed by atoms with van der Waals surface area (Å²) in [5.41, 5.74) is 1.56. The van der Waals surface area contributed by atoms with Crippen molar-refractivity contribution in [2.75, 3.05) is 26.9 Å². The van der Waals surface area contributed by atoms with Gasteiger partial charge in [-0.1, -0.05) is 0 Å². The molecule has 0 radical (unpaired) electrons. The van der Waals surface area contributed by atoms with Crippen LogP contribution < -0.4 is 5.32 Å². The molecule has 8 nitrogen and oxygen atoms in total. The molecule has 0 aromatic carbocycles.